The summed E-state index contributed by atoms with van der Waals surface area (Å²) in [5, 5.41) is 4.71. The molecule has 0 bridgehead atoms. The van der Waals surface area contributed by atoms with Gasteiger partial charge in [-0.15, -0.1) is 0 Å². The van der Waals surface area contributed by atoms with Crippen LogP contribution in [0.5, 0.6) is 0 Å². The van der Waals surface area contributed by atoms with Crippen LogP contribution < -0.4 is 10.2 Å². The highest BCUT2D eigenvalue weighted by molar-refractivity contribution is 8.00. The zero-order valence-electron chi connectivity index (χ0n) is 16.7. The second-order valence-corrected chi connectivity index (χ2v) is 9.41. The third-order valence-corrected chi connectivity index (χ3v) is 7.53. The number of nitrogens with one attached hydrogen (secondary N) is 1. The van der Waals surface area contributed by atoms with E-state index in [0.29, 0.717) is 0 Å². The van der Waals surface area contributed by atoms with Crippen LogP contribution in [-0.4, -0.2) is 83.7 Å². The molecule has 2 aliphatic heterocycles. The first kappa shape index (κ1) is 20.7. The van der Waals surface area contributed by atoms with Crippen molar-refractivity contribution < 1.29 is 4.74 Å². The van der Waals surface area contributed by atoms with E-state index < -0.39 is 0 Å². The summed E-state index contributed by atoms with van der Waals surface area (Å²) >= 11 is 3.58. The summed E-state index contributed by atoms with van der Waals surface area (Å²) < 4.78 is 10.3. The lowest BCUT2D eigenvalue weighted by atomic mass is 9.99. The second-order valence-electron chi connectivity index (χ2n) is 6.95. The van der Waals surface area contributed by atoms with Gasteiger partial charge in [0.05, 0.1) is 0 Å². The predicted molar refractivity (Wildman–Crippen MR) is 115 cm³/mol. The van der Waals surface area contributed by atoms with E-state index in [1.54, 1.807) is 0 Å². The van der Waals surface area contributed by atoms with Gasteiger partial charge in [-0.05, 0) is 18.6 Å². The van der Waals surface area contributed by atoms with Crippen LogP contribution in [0.3, 0.4) is 0 Å². The van der Waals surface area contributed by atoms with Crippen molar-refractivity contribution in [3.63, 3.8) is 0 Å². The number of guanidine groups is 1. The Balaban J connectivity index is 1.52. The highest BCUT2D eigenvalue weighted by Gasteiger charge is 2.33. The molecular formula is C18H32N6OS2. The Kier molecular flexibility index (Phi) is 7.60. The molecule has 152 valence electrons. The number of anilines is 1. The summed E-state index contributed by atoms with van der Waals surface area (Å²) in [5.74, 6) is 3.11. The molecule has 2 fully saturated rings. The monoisotopic (exact) mass is 412 g/mol. The van der Waals surface area contributed by atoms with Crippen molar-refractivity contribution in [1.29, 1.82) is 0 Å². The number of thioether (sulfide) groups is 1. The van der Waals surface area contributed by atoms with Gasteiger partial charge in [0.25, 0.3) is 0 Å². The van der Waals surface area contributed by atoms with Gasteiger partial charge in [0.1, 0.15) is 5.82 Å². The van der Waals surface area contributed by atoms with Crippen molar-refractivity contribution in [2.24, 2.45) is 4.99 Å². The van der Waals surface area contributed by atoms with E-state index in [1.807, 2.05) is 7.05 Å². The molecule has 1 N–H and O–H groups in total. The van der Waals surface area contributed by atoms with E-state index in [2.05, 4.69) is 55.1 Å². The quantitative estimate of drug-likeness (QED) is 0.567. The fourth-order valence-corrected chi connectivity index (χ4v) is 5.66. The van der Waals surface area contributed by atoms with Crippen molar-refractivity contribution >= 4 is 34.4 Å². The minimum Gasteiger partial charge on any atom is -0.381 e. The molecule has 0 radical (unpaired) electrons. The molecule has 0 atom stereocenters. The maximum absolute atomic E-state index is 5.59. The van der Waals surface area contributed by atoms with Gasteiger partial charge < -0.3 is 19.9 Å². The largest absolute Gasteiger partial charge is 0.381 e. The van der Waals surface area contributed by atoms with E-state index in [1.165, 1.54) is 11.5 Å². The maximum atomic E-state index is 5.59. The number of rotatable bonds is 6. The Bertz CT molecular complexity index is 603. The lowest BCUT2D eigenvalue weighted by Crippen LogP contribution is -2.55. The number of aliphatic imine (C=N–C) groups is 1. The normalized spacial score (nSPS) is 20.8. The van der Waals surface area contributed by atoms with Crippen molar-refractivity contribution in [3.8, 4) is 0 Å². The fourth-order valence-electron chi connectivity index (χ4n) is 3.62. The summed E-state index contributed by atoms with van der Waals surface area (Å²) in [6, 6.07) is 0. The molecule has 2 aliphatic rings. The number of hydrogen-bond acceptors (Lipinski definition) is 7. The Morgan fingerprint density at radius 1 is 1.26 bits per heavy atom. The van der Waals surface area contributed by atoms with Crippen LogP contribution in [0.15, 0.2) is 4.99 Å². The smallest absolute Gasteiger partial charge is 0.205 e. The third kappa shape index (κ3) is 5.26. The van der Waals surface area contributed by atoms with Gasteiger partial charge in [0.2, 0.25) is 5.13 Å². The molecule has 0 amide bonds. The summed E-state index contributed by atoms with van der Waals surface area (Å²) in [4.78, 5) is 13.9. The van der Waals surface area contributed by atoms with Gasteiger partial charge >= 0.3 is 0 Å². The van der Waals surface area contributed by atoms with Crippen molar-refractivity contribution in [2.45, 2.75) is 37.9 Å². The van der Waals surface area contributed by atoms with Crippen LogP contribution in [-0.2, 0) is 11.2 Å². The highest BCUT2D eigenvalue weighted by atomic mass is 32.2. The number of piperazine rings is 1. The first-order valence-corrected chi connectivity index (χ1v) is 11.7. The Labute approximate surface area is 171 Å². The summed E-state index contributed by atoms with van der Waals surface area (Å²) in [6.45, 7) is 10.9. The Morgan fingerprint density at radius 2 is 2.00 bits per heavy atom. The highest BCUT2D eigenvalue weighted by Crippen LogP contribution is 2.34. The Morgan fingerprint density at radius 3 is 2.59 bits per heavy atom. The van der Waals surface area contributed by atoms with Crippen LogP contribution >= 0.6 is 23.3 Å². The number of hydrogen-bond donors (Lipinski definition) is 1. The molecule has 0 unspecified atom stereocenters. The van der Waals surface area contributed by atoms with Crippen molar-refractivity contribution in [1.82, 2.24) is 19.6 Å². The zero-order chi connectivity index (χ0) is 19.1. The molecule has 27 heavy (non-hydrogen) atoms. The third-order valence-electron chi connectivity index (χ3n) is 5.26. The SMILES string of the molecule is CCSC1(CNC(=NC)N2CCN(c3nc(CC)ns3)CC2)CCOCC1. The standard InChI is InChI=1S/C18H32N6OS2/c1-4-15-21-17(27-22-15)24-10-8-23(9-11-24)16(19-3)20-14-18(26-5-2)6-12-25-13-7-18/h4-14H2,1-3H3,(H,19,20). The van der Waals surface area contributed by atoms with Crippen molar-refractivity contribution in [2.75, 3.05) is 63.6 Å². The van der Waals surface area contributed by atoms with Crippen molar-refractivity contribution in [3.05, 3.63) is 5.82 Å². The van der Waals surface area contributed by atoms with E-state index in [-0.39, 0.29) is 4.75 Å². The molecular weight excluding hydrogens is 380 g/mol. The van der Waals surface area contributed by atoms with Gasteiger partial charge in [0, 0.05) is 75.7 Å². The molecule has 0 aromatic carbocycles. The number of nitrogens with zero attached hydrogens (tertiary/aromatic N) is 5. The topological polar surface area (TPSA) is 65.9 Å². The van der Waals surface area contributed by atoms with Gasteiger partial charge in [-0.2, -0.15) is 16.1 Å². The van der Waals surface area contributed by atoms with Crippen LogP contribution in [0.25, 0.3) is 0 Å². The summed E-state index contributed by atoms with van der Waals surface area (Å²) in [6.07, 6.45) is 3.12. The van der Waals surface area contributed by atoms with E-state index in [4.69, 9.17) is 4.74 Å². The molecule has 1 aromatic rings. The molecule has 0 saturated carbocycles. The molecule has 7 nitrogen and oxygen atoms in total. The molecule has 3 rings (SSSR count). The average Bonchev–Trinajstić information content (AvgIpc) is 3.19. The van der Waals surface area contributed by atoms with Crippen LogP contribution in [0.2, 0.25) is 0 Å². The number of aryl methyl sites for hydroxylation is 1. The second kappa shape index (κ2) is 9.93. The minimum atomic E-state index is 0.272. The Hall–Kier alpha value is -1.06. The van der Waals surface area contributed by atoms with E-state index in [9.17, 15) is 0 Å². The minimum absolute atomic E-state index is 0.272. The molecule has 2 saturated heterocycles. The zero-order valence-corrected chi connectivity index (χ0v) is 18.4. The average molecular weight is 413 g/mol. The number of aromatic nitrogens is 2. The molecule has 1 aromatic heterocycles. The molecule has 0 aliphatic carbocycles. The number of ether oxygens (including phenoxy) is 1. The lowest BCUT2D eigenvalue weighted by molar-refractivity contribution is 0.0780. The molecule has 9 heteroatoms. The predicted octanol–water partition coefficient (Wildman–Crippen LogP) is 2.10. The summed E-state index contributed by atoms with van der Waals surface area (Å²) in [5.41, 5.74) is 0. The van der Waals surface area contributed by atoms with Crippen LogP contribution in [0.1, 0.15) is 32.5 Å². The first-order valence-electron chi connectivity index (χ1n) is 9.94. The van der Waals surface area contributed by atoms with Crippen LogP contribution in [0.4, 0.5) is 5.13 Å². The fraction of sp³-hybridized carbons (Fsp3) is 0.833. The summed E-state index contributed by atoms with van der Waals surface area (Å²) in [7, 11) is 1.89. The van der Waals surface area contributed by atoms with Crippen LogP contribution in [0, 0.1) is 0 Å². The van der Waals surface area contributed by atoms with Gasteiger partial charge in [-0.1, -0.05) is 13.8 Å². The van der Waals surface area contributed by atoms with E-state index >= 15 is 0 Å². The van der Waals surface area contributed by atoms with Gasteiger partial charge in [0.15, 0.2) is 5.96 Å². The van der Waals surface area contributed by atoms with Gasteiger partial charge in [-0.25, -0.2) is 4.98 Å². The maximum Gasteiger partial charge on any atom is 0.205 e. The first-order chi connectivity index (χ1) is 13.2. The molecule has 3 heterocycles. The lowest BCUT2D eigenvalue weighted by Gasteiger charge is -2.40. The van der Waals surface area contributed by atoms with Gasteiger partial charge in [-0.3, -0.25) is 4.99 Å². The molecule has 0 spiro atoms. The van der Waals surface area contributed by atoms with E-state index in [0.717, 1.165) is 87.9 Å².